The lowest BCUT2D eigenvalue weighted by molar-refractivity contribution is -0.142. The molecule has 0 aliphatic heterocycles. The van der Waals surface area contributed by atoms with Crippen LogP contribution in [0.1, 0.15) is 40.0 Å². The maximum Gasteiger partial charge on any atom is 0.326 e. The fourth-order valence-electron chi connectivity index (χ4n) is 1.71. The van der Waals surface area contributed by atoms with E-state index in [1.165, 1.54) is 0 Å². The number of nitrogens with one attached hydrogen (secondary N) is 1. The molecule has 0 spiro atoms. The van der Waals surface area contributed by atoms with Gasteiger partial charge in [0.2, 0.25) is 5.91 Å². The predicted molar refractivity (Wildman–Crippen MR) is 66.5 cm³/mol. The first-order valence-electron chi connectivity index (χ1n) is 6.15. The molecule has 0 aromatic carbocycles. The fraction of sp³-hybridized carbons (Fsp3) is 0.833. The van der Waals surface area contributed by atoms with E-state index in [-0.39, 0.29) is 18.4 Å². The minimum atomic E-state index is -0.986. The number of hydrogen-bond acceptors (Lipinski definition) is 3. The van der Waals surface area contributed by atoms with Gasteiger partial charge in [0.05, 0.1) is 5.92 Å². The Morgan fingerprint density at radius 3 is 2.29 bits per heavy atom. The number of carboxylic acids is 1. The first-order chi connectivity index (χ1) is 7.92. The van der Waals surface area contributed by atoms with E-state index >= 15 is 0 Å². The average Bonchev–Trinajstić information content (AvgIpc) is 2.24. The Kier molecular flexibility index (Phi) is 7.54. The monoisotopic (exact) mass is 244 g/mol. The van der Waals surface area contributed by atoms with Gasteiger partial charge in [-0.3, -0.25) is 4.79 Å². The van der Waals surface area contributed by atoms with Gasteiger partial charge in [-0.25, -0.2) is 4.79 Å². The maximum atomic E-state index is 11.8. The van der Waals surface area contributed by atoms with E-state index < -0.39 is 12.0 Å². The van der Waals surface area contributed by atoms with Crippen molar-refractivity contribution in [3.63, 3.8) is 0 Å². The van der Waals surface area contributed by atoms with E-state index in [9.17, 15) is 9.59 Å². The van der Waals surface area contributed by atoms with Gasteiger partial charge in [0, 0.05) is 6.54 Å². The summed E-state index contributed by atoms with van der Waals surface area (Å²) in [4.78, 5) is 22.8. The van der Waals surface area contributed by atoms with Gasteiger partial charge in [0.25, 0.3) is 0 Å². The second kappa shape index (κ2) is 8.06. The SMILES string of the molecule is CCCC(NC(=O)C(CN)CC(C)C)C(=O)O. The topological polar surface area (TPSA) is 92.4 Å². The minimum Gasteiger partial charge on any atom is -0.480 e. The Bertz CT molecular complexity index is 254. The Balaban J connectivity index is 4.40. The van der Waals surface area contributed by atoms with Gasteiger partial charge < -0.3 is 16.2 Å². The second-order valence-corrected chi connectivity index (χ2v) is 4.75. The van der Waals surface area contributed by atoms with Gasteiger partial charge in [0.15, 0.2) is 0 Å². The number of amides is 1. The summed E-state index contributed by atoms with van der Waals surface area (Å²) >= 11 is 0. The molecule has 17 heavy (non-hydrogen) atoms. The van der Waals surface area contributed by atoms with Crippen LogP contribution in [0.4, 0.5) is 0 Å². The maximum absolute atomic E-state index is 11.8. The largest absolute Gasteiger partial charge is 0.480 e. The molecule has 0 aromatic heterocycles. The second-order valence-electron chi connectivity index (χ2n) is 4.75. The molecule has 0 fully saturated rings. The third-order valence-corrected chi connectivity index (χ3v) is 2.60. The lowest BCUT2D eigenvalue weighted by Gasteiger charge is -2.20. The highest BCUT2D eigenvalue weighted by molar-refractivity contribution is 5.85. The van der Waals surface area contributed by atoms with Crippen LogP contribution in [-0.4, -0.2) is 29.6 Å². The van der Waals surface area contributed by atoms with Gasteiger partial charge in [-0.1, -0.05) is 27.2 Å². The predicted octanol–water partition coefficient (Wildman–Crippen LogP) is 0.977. The summed E-state index contributed by atoms with van der Waals surface area (Å²) in [6, 6.07) is -0.797. The molecule has 4 N–H and O–H groups in total. The fourth-order valence-corrected chi connectivity index (χ4v) is 1.71. The molecular weight excluding hydrogens is 220 g/mol. The lowest BCUT2D eigenvalue weighted by atomic mass is 9.96. The Labute approximate surface area is 103 Å². The molecule has 0 aromatic rings. The molecule has 0 rings (SSSR count). The number of nitrogens with two attached hydrogens (primary N) is 1. The Morgan fingerprint density at radius 2 is 1.94 bits per heavy atom. The summed E-state index contributed by atoms with van der Waals surface area (Å²) in [5.74, 6) is -1.17. The third kappa shape index (κ3) is 6.26. The minimum absolute atomic E-state index is 0.248. The number of carbonyl (C=O) groups is 2. The van der Waals surface area contributed by atoms with E-state index in [0.29, 0.717) is 25.2 Å². The smallest absolute Gasteiger partial charge is 0.326 e. The van der Waals surface area contributed by atoms with Crippen LogP contribution in [0.3, 0.4) is 0 Å². The molecule has 100 valence electrons. The number of carbonyl (C=O) groups excluding carboxylic acids is 1. The van der Waals surface area contributed by atoms with E-state index in [1.807, 2.05) is 20.8 Å². The molecule has 0 saturated carbocycles. The standard InChI is InChI=1S/C12H24N2O3/c1-4-5-10(12(16)17)14-11(15)9(7-13)6-8(2)3/h8-10H,4-7,13H2,1-3H3,(H,14,15)(H,16,17). The van der Waals surface area contributed by atoms with Gasteiger partial charge in [-0.05, 0) is 18.8 Å². The van der Waals surface area contributed by atoms with Gasteiger partial charge >= 0.3 is 5.97 Å². The van der Waals surface area contributed by atoms with Gasteiger partial charge in [-0.15, -0.1) is 0 Å². The number of aliphatic carboxylic acids is 1. The zero-order valence-corrected chi connectivity index (χ0v) is 10.9. The molecule has 0 aliphatic rings. The molecule has 0 saturated heterocycles. The van der Waals surface area contributed by atoms with Gasteiger partial charge in [-0.2, -0.15) is 0 Å². The summed E-state index contributed by atoms with van der Waals surface area (Å²) in [6.07, 6.45) is 1.84. The molecule has 0 heterocycles. The molecule has 0 bridgehead atoms. The lowest BCUT2D eigenvalue weighted by Crippen LogP contribution is -2.45. The Hall–Kier alpha value is -1.10. The normalized spacial score (nSPS) is 14.4. The van der Waals surface area contributed by atoms with Crippen molar-refractivity contribution in [1.29, 1.82) is 0 Å². The molecule has 2 unspecified atom stereocenters. The van der Waals surface area contributed by atoms with Crippen molar-refractivity contribution < 1.29 is 14.7 Å². The van der Waals surface area contributed by atoms with E-state index in [2.05, 4.69) is 5.32 Å². The highest BCUT2D eigenvalue weighted by Gasteiger charge is 2.24. The van der Waals surface area contributed by atoms with Crippen LogP contribution < -0.4 is 11.1 Å². The number of rotatable bonds is 8. The Morgan fingerprint density at radius 1 is 1.35 bits per heavy atom. The van der Waals surface area contributed by atoms with Crippen LogP contribution in [0.2, 0.25) is 0 Å². The summed E-state index contributed by atoms with van der Waals surface area (Å²) in [6.45, 7) is 6.16. The third-order valence-electron chi connectivity index (χ3n) is 2.60. The summed E-state index contributed by atoms with van der Waals surface area (Å²) < 4.78 is 0. The van der Waals surface area contributed by atoms with Gasteiger partial charge in [0.1, 0.15) is 6.04 Å². The van der Waals surface area contributed by atoms with Crippen LogP contribution in [0.25, 0.3) is 0 Å². The van der Waals surface area contributed by atoms with Crippen LogP contribution in [0.15, 0.2) is 0 Å². The molecule has 1 amide bonds. The summed E-state index contributed by atoms with van der Waals surface area (Å²) in [5, 5.41) is 11.5. The van der Waals surface area contributed by atoms with Crippen LogP contribution in [0, 0.1) is 11.8 Å². The molecular formula is C12H24N2O3. The molecule has 0 aliphatic carbocycles. The highest BCUT2D eigenvalue weighted by atomic mass is 16.4. The zero-order valence-electron chi connectivity index (χ0n) is 10.9. The number of carboxylic acid groups (broad SMARTS) is 1. The van der Waals surface area contributed by atoms with Crippen molar-refractivity contribution >= 4 is 11.9 Å². The first kappa shape index (κ1) is 15.9. The van der Waals surface area contributed by atoms with Crippen LogP contribution in [0.5, 0.6) is 0 Å². The van der Waals surface area contributed by atoms with Crippen molar-refractivity contribution in [3.05, 3.63) is 0 Å². The molecule has 5 nitrogen and oxygen atoms in total. The summed E-state index contributed by atoms with van der Waals surface area (Å²) in [7, 11) is 0. The summed E-state index contributed by atoms with van der Waals surface area (Å²) in [5.41, 5.74) is 5.54. The van der Waals surface area contributed by atoms with Crippen molar-refractivity contribution in [2.45, 2.75) is 46.1 Å². The van der Waals surface area contributed by atoms with E-state index in [4.69, 9.17) is 10.8 Å². The first-order valence-corrected chi connectivity index (χ1v) is 6.15. The van der Waals surface area contributed by atoms with Crippen molar-refractivity contribution in [2.24, 2.45) is 17.6 Å². The zero-order chi connectivity index (χ0) is 13.4. The van der Waals surface area contributed by atoms with E-state index in [0.717, 1.165) is 0 Å². The van der Waals surface area contributed by atoms with Crippen molar-refractivity contribution in [2.75, 3.05) is 6.54 Å². The number of hydrogen-bond donors (Lipinski definition) is 3. The molecule has 2 atom stereocenters. The van der Waals surface area contributed by atoms with E-state index in [1.54, 1.807) is 0 Å². The molecule has 0 radical (unpaired) electrons. The molecule has 5 heteroatoms. The highest BCUT2D eigenvalue weighted by Crippen LogP contribution is 2.11. The average molecular weight is 244 g/mol. The van der Waals surface area contributed by atoms with Crippen molar-refractivity contribution in [3.8, 4) is 0 Å². The quantitative estimate of drug-likeness (QED) is 0.593. The van der Waals surface area contributed by atoms with Crippen LogP contribution >= 0.6 is 0 Å². The van der Waals surface area contributed by atoms with Crippen molar-refractivity contribution in [1.82, 2.24) is 5.32 Å². The van der Waals surface area contributed by atoms with Crippen LogP contribution in [-0.2, 0) is 9.59 Å².